The molecule has 0 aliphatic carbocycles. The standard InChI is InChI=1S/C11H12BrN3/c1-8(12)5-13-6-9-3-2-4-10-7-14-15-11(9)10/h2-4,7,13H,1,5-6H2,(H,14,15). The molecule has 0 atom stereocenters. The smallest absolute Gasteiger partial charge is 0.0695 e. The zero-order chi connectivity index (χ0) is 10.7. The number of rotatable bonds is 4. The Labute approximate surface area is 96.7 Å². The minimum Gasteiger partial charge on any atom is -0.308 e. The van der Waals surface area contributed by atoms with Crippen LogP contribution in [-0.2, 0) is 6.54 Å². The highest BCUT2D eigenvalue weighted by Gasteiger charge is 2.01. The Hall–Kier alpha value is -1.13. The van der Waals surface area contributed by atoms with Crippen LogP contribution in [0.3, 0.4) is 0 Å². The first-order valence-electron chi connectivity index (χ1n) is 4.72. The van der Waals surface area contributed by atoms with E-state index in [9.17, 15) is 0 Å². The van der Waals surface area contributed by atoms with E-state index in [0.29, 0.717) is 0 Å². The Kier molecular flexibility index (Phi) is 3.18. The van der Waals surface area contributed by atoms with Crippen LogP contribution in [0, 0.1) is 0 Å². The van der Waals surface area contributed by atoms with Gasteiger partial charge in [-0.2, -0.15) is 5.10 Å². The first-order chi connectivity index (χ1) is 7.27. The SMILES string of the molecule is C=C(Br)CNCc1cccc2cn[nH]c12. The Morgan fingerprint density at radius 3 is 3.20 bits per heavy atom. The summed E-state index contributed by atoms with van der Waals surface area (Å²) in [6.45, 7) is 5.35. The summed E-state index contributed by atoms with van der Waals surface area (Å²) in [5.41, 5.74) is 2.32. The Balaban J connectivity index is 2.13. The van der Waals surface area contributed by atoms with Crippen molar-refractivity contribution < 1.29 is 0 Å². The number of nitrogens with zero attached hydrogens (tertiary/aromatic N) is 1. The van der Waals surface area contributed by atoms with E-state index in [1.165, 1.54) is 5.56 Å². The lowest BCUT2D eigenvalue weighted by atomic mass is 10.1. The molecule has 0 saturated heterocycles. The largest absolute Gasteiger partial charge is 0.308 e. The van der Waals surface area contributed by atoms with Crippen molar-refractivity contribution in [3.05, 3.63) is 41.0 Å². The fraction of sp³-hybridized carbons (Fsp3) is 0.182. The zero-order valence-corrected chi connectivity index (χ0v) is 9.84. The van der Waals surface area contributed by atoms with Crippen LogP contribution in [0.25, 0.3) is 10.9 Å². The van der Waals surface area contributed by atoms with Gasteiger partial charge in [-0.25, -0.2) is 0 Å². The molecule has 2 rings (SSSR count). The number of hydrogen-bond acceptors (Lipinski definition) is 2. The summed E-state index contributed by atoms with van der Waals surface area (Å²) in [4.78, 5) is 0. The fourth-order valence-electron chi connectivity index (χ4n) is 1.51. The summed E-state index contributed by atoms with van der Waals surface area (Å²) >= 11 is 3.31. The highest BCUT2D eigenvalue weighted by atomic mass is 79.9. The van der Waals surface area contributed by atoms with Crippen molar-refractivity contribution in [1.82, 2.24) is 15.5 Å². The molecule has 0 aliphatic heterocycles. The van der Waals surface area contributed by atoms with Crippen molar-refractivity contribution in [2.24, 2.45) is 0 Å². The number of para-hydroxylation sites is 1. The molecule has 1 aromatic heterocycles. The van der Waals surface area contributed by atoms with Crippen LogP contribution in [-0.4, -0.2) is 16.7 Å². The second kappa shape index (κ2) is 4.59. The maximum absolute atomic E-state index is 4.03. The van der Waals surface area contributed by atoms with Crippen LogP contribution in [0.4, 0.5) is 0 Å². The van der Waals surface area contributed by atoms with Gasteiger partial charge in [-0.1, -0.05) is 40.7 Å². The number of nitrogens with one attached hydrogen (secondary N) is 2. The number of aromatic amines is 1. The molecule has 2 aromatic rings. The predicted octanol–water partition coefficient (Wildman–Crippen LogP) is 2.56. The van der Waals surface area contributed by atoms with Crippen LogP contribution >= 0.6 is 15.9 Å². The Bertz CT molecular complexity index is 475. The Morgan fingerprint density at radius 1 is 1.53 bits per heavy atom. The fourth-order valence-corrected chi connectivity index (χ4v) is 1.71. The molecule has 78 valence electrons. The second-order valence-corrected chi connectivity index (χ2v) is 4.49. The first kappa shape index (κ1) is 10.4. The van der Waals surface area contributed by atoms with Crippen molar-refractivity contribution in [2.45, 2.75) is 6.54 Å². The molecule has 2 N–H and O–H groups in total. The van der Waals surface area contributed by atoms with Crippen LogP contribution in [0.1, 0.15) is 5.56 Å². The number of hydrogen-bond donors (Lipinski definition) is 2. The van der Waals surface area contributed by atoms with Crippen molar-refractivity contribution in [3.63, 3.8) is 0 Å². The predicted molar refractivity (Wildman–Crippen MR) is 65.9 cm³/mol. The molecule has 0 amide bonds. The topological polar surface area (TPSA) is 40.7 Å². The van der Waals surface area contributed by atoms with E-state index >= 15 is 0 Å². The maximum atomic E-state index is 4.03. The van der Waals surface area contributed by atoms with E-state index < -0.39 is 0 Å². The molecule has 0 saturated carbocycles. The number of halogens is 1. The summed E-state index contributed by atoms with van der Waals surface area (Å²) in [5, 5.41) is 11.5. The van der Waals surface area contributed by atoms with Gasteiger partial charge in [0.05, 0.1) is 11.7 Å². The summed E-state index contributed by atoms with van der Waals surface area (Å²) < 4.78 is 0.958. The van der Waals surface area contributed by atoms with Crippen molar-refractivity contribution >= 4 is 26.8 Å². The molecule has 3 nitrogen and oxygen atoms in total. The van der Waals surface area contributed by atoms with Crippen molar-refractivity contribution in [3.8, 4) is 0 Å². The first-order valence-corrected chi connectivity index (χ1v) is 5.51. The van der Waals surface area contributed by atoms with Gasteiger partial charge in [0.15, 0.2) is 0 Å². The monoisotopic (exact) mass is 265 g/mol. The molecule has 4 heteroatoms. The third-order valence-electron chi connectivity index (χ3n) is 2.20. The van der Waals surface area contributed by atoms with E-state index in [0.717, 1.165) is 28.5 Å². The van der Waals surface area contributed by atoms with E-state index in [1.54, 1.807) is 0 Å². The van der Waals surface area contributed by atoms with Gasteiger partial charge in [0.2, 0.25) is 0 Å². The highest BCUT2D eigenvalue weighted by molar-refractivity contribution is 9.11. The van der Waals surface area contributed by atoms with Gasteiger partial charge in [0.25, 0.3) is 0 Å². The molecular formula is C11H12BrN3. The summed E-state index contributed by atoms with van der Waals surface area (Å²) in [6.07, 6.45) is 1.84. The van der Waals surface area contributed by atoms with Crippen LogP contribution in [0.5, 0.6) is 0 Å². The molecule has 0 unspecified atom stereocenters. The normalized spacial score (nSPS) is 10.7. The molecule has 0 fully saturated rings. The van der Waals surface area contributed by atoms with Gasteiger partial charge >= 0.3 is 0 Å². The van der Waals surface area contributed by atoms with Crippen molar-refractivity contribution in [1.29, 1.82) is 0 Å². The van der Waals surface area contributed by atoms with Gasteiger partial charge in [0, 0.05) is 23.0 Å². The molecule has 0 bridgehead atoms. The van der Waals surface area contributed by atoms with Crippen LogP contribution < -0.4 is 5.32 Å². The van der Waals surface area contributed by atoms with Gasteiger partial charge in [-0.15, -0.1) is 0 Å². The number of fused-ring (bicyclic) bond motifs is 1. The number of aromatic nitrogens is 2. The van der Waals surface area contributed by atoms with E-state index in [-0.39, 0.29) is 0 Å². The van der Waals surface area contributed by atoms with Gasteiger partial charge < -0.3 is 5.32 Å². The number of H-pyrrole nitrogens is 1. The molecule has 1 aromatic carbocycles. The third kappa shape index (κ3) is 2.46. The van der Waals surface area contributed by atoms with Gasteiger partial charge in [-0.05, 0) is 5.56 Å². The third-order valence-corrected chi connectivity index (χ3v) is 2.48. The van der Waals surface area contributed by atoms with Gasteiger partial charge in [0.1, 0.15) is 0 Å². The average molecular weight is 266 g/mol. The summed E-state index contributed by atoms with van der Waals surface area (Å²) in [5.74, 6) is 0. The molecule has 0 aliphatic rings. The van der Waals surface area contributed by atoms with Gasteiger partial charge in [-0.3, -0.25) is 5.10 Å². The molecule has 1 heterocycles. The van der Waals surface area contributed by atoms with E-state index in [4.69, 9.17) is 0 Å². The average Bonchev–Trinajstić information content (AvgIpc) is 2.65. The van der Waals surface area contributed by atoms with Crippen LogP contribution in [0.15, 0.2) is 35.5 Å². The minimum absolute atomic E-state index is 0.768. The lowest BCUT2D eigenvalue weighted by Crippen LogP contribution is -2.14. The van der Waals surface area contributed by atoms with Crippen LogP contribution in [0.2, 0.25) is 0 Å². The lowest BCUT2D eigenvalue weighted by Gasteiger charge is -2.04. The van der Waals surface area contributed by atoms with E-state index in [1.807, 2.05) is 18.3 Å². The maximum Gasteiger partial charge on any atom is 0.0695 e. The molecule has 15 heavy (non-hydrogen) atoms. The lowest BCUT2D eigenvalue weighted by molar-refractivity contribution is 0.760. The zero-order valence-electron chi connectivity index (χ0n) is 8.26. The minimum atomic E-state index is 0.768. The van der Waals surface area contributed by atoms with Crippen molar-refractivity contribution in [2.75, 3.05) is 6.54 Å². The molecule has 0 radical (unpaired) electrons. The summed E-state index contributed by atoms with van der Waals surface area (Å²) in [7, 11) is 0. The highest BCUT2D eigenvalue weighted by Crippen LogP contribution is 2.15. The molecule has 0 spiro atoms. The van der Waals surface area contributed by atoms with E-state index in [2.05, 4.69) is 44.1 Å². The second-order valence-electron chi connectivity index (χ2n) is 3.37. The summed E-state index contributed by atoms with van der Waals surface area (Å²) in [6, 6.07) is 6.17. The quantitative estimate of drug-likeness (QED) is 0.892. The molecular weight excluding hydrogens is 254 g/mol. The Morgan fingerprint density at radius 2 is 2.40 bits per heavy atom. The number of benzene rings is 1.